The summed E-state index contributed by atoms with van der Waals surface area (Å²) in [4.78, 5) is 5.43. The van der Waals surface area contributed by atoms with E-state index in [-0.39, 0.29) is 0 Å². The molecule has 3 heterocycles. The number of piperidine rings is 2. The van der Waals surface area contributed by atoms with Gasteiger partial charge in [-0.05, 0) is 89.6 Å². The molecule has 3 saturated heterocycles. The van der Waals surface area contributed by atoms with Crippen LogP contribution in [-0.4, -0.2) is 62.2 Å². The predicted octanol–water partition coefficient (Wildman–Crippen LogP) is 1.79. The number of rotatable bonds is 4. The molecule has 19 heavy (non-hydrogen) atoms. The summed E-state index contributed by atoms with van der Waals surface area (Å²) in [6.07, 6.45) is 8.59. The van der Waals surface area contributed by atoms with Crippen molar-refractivity contribution in [3.63, 3.8) is 0 Å². The summed E-state index contributed by atoms with van der Waals surface area (Å²) in [6.45, 7) is 10.7. The molecule has 3 nitrogen and oxygen atoms in total. The minimum Gasteiger partial charge on any atom is -0.316 e. The van der Waals surface area contributed by atoms with Crippen LogP contribution in [-0.2, 0) is 0 Å². The molecule has 3 aliphatic rings. The average Bonchev–Trinajstić information content (AvgIpc) is 2.95. The second kappa shape index (κ2) is 7.05. The fourth-order valence-corrected chi connectivity index (χ4v) is 4.13. The molecule has 0 aromatic carbocycles. The highest BCUT2D eigenvalue weighted by atomic mass is 15.2. The molecule has 1 unspecified atom stereocenters. The number of likely N-dealkylation sites (tertiary alicyclic amines) is 2. The van der Waals surface area contributed by atoms with Gasteiger partial charge in [-0.1, -0.05) is 0 Å². The lowest BCUT2D eigenvalue weighted by Crippen LogP contribution is -2.43. The van der Waals surface area contributed by atoms with Gasteiger partial charge in [0.05, 0.1) is 0 Å². The molecule has 0 radical (unpaired) electrons. The molecule has 0 aromatic rings. The minimum absolute atomic E-state index is 0.920. The van der Waals surface area contributed by atoms with Gasteiger partial charge in [-0.25, -0.2) is 0 Å². The lowest BCUT2D eigenvalue weighted by Gasteiger charge is -2.36. The van der Waals surface area contributed by atoms with Crippen LogP contribution < -0.4 is 5.32 Å². The smallest absolute Gasteiger partial charge is 0.00218 e. The van der Waals surface area contributed by atoms with Crippen LogP contribution in [0.25, 0.3) is 0 Å². The largest absolute Gasteiger partial charge is 0.316 e. The molecule has 3 aliphatic heterocycles. The highest BCUT2D eigenvalue weighted by molar-refractivity contribution is 4.79. The number of hydrogen-bond donors (Lipinski definition) is 1. The molecule has 3 heteroatoms. The van der Waals surface area contributed by atoms with Crippen LogP contribution >= 0.6 is 0 Å². The van der Waals surface area contributed by atoms with E-state index >= 15 is 0 Å². The van der Waals surface area contributed by atoms with Gasteiger partial charge in [-0.3, -0.25) is 0 Å². The van der Waals surface area contributed by atoms with Crippen molar-refractivity contribution in [2.45, 2.75) is 38.5 Å². The van der Waals surface area contributed by atoms with Gasteiger partial charge in [0.1, 0.15) is 0 Å². The summed E-state index contributed by atoms with van der Waals surface area (Å²) in [5.74, 6) is 1.91. The quantitative estimate of drug-likeness (QED) is 0.836. The van der Waals surface area contributed by atoms with Crippen molar-refractivity contribution in [3.8, 4) is 0 Å². The van der Waals surface area contributed by atoms with E-state index in [0.717, 1.165) is 11.8 Å². The summed E-state index contributed by atoms with van der Waals surface area (Å²) in [6, 6.07) is 0. The molecule has 0 aliphatic carbocycles. The molecule has 110 valence electrons. The van der Waals surface area contributed by atoms with Crippen molar-refractivity contribution < 1.29 is 0 Å². The first-order valence-electron chi connectivity index (χ1n) is 8.55. The van der Waals surface area contributed by atoms with Gasteiger partial charge >= 0.3 is 0 Å². The first-order chi connectivity index (χ1) is 9.40. The lowest BCUT2D eigenvalue weighted by molar-refractivity contribution is 0.131. The third-order valence-electron chi connectivity index (χ3n) is 5.34. The van der Waals surface area contributed by atoms with E-state index in [4.69, 9.17) is 0 Å². The summed E-state index contributed by atoms with van der Waals surface area (Å²) in [7, 11) is 0. The van der Waals surface area contributed by atoms with E-state index in [1.165, 1.54) is 90.9 Å². The van der Waals surface area contributed by atoms with Crippen molar-refractivity contribution in [2.75, 3.05) is 52.4 Å². The summed E-state index contributed by atoms with van der Waals surface area (Å²) in [5.41, 5.74) is 0. The zero-order chi connectivity index (χ0) is 12.9. The summed E-state index contributed by atoms with van der Waals surface area (Å²) in [5, 5.41) is 3.55. The van der Waals surface area contributed by atoms with Crippen LogP contribution in [0.2, 0.25) is 0 Å². The van der Waals surface area contributed by atoms with E-state index in [2.05, 4.69) is 15.1 Å². The van der Waals surface area contributed by atoms with Crippen molar-refractivity contribution >= 4 is 0 Å². The van der Waals surface area contributed by atoms with Crippen LogP contribution in [0.15, 0.2) is 0 Å². The van der Waals surface area contributed by atoms with Gasteiger partial charge in [0.25, 0.3) is 0 Å². The lowest BCUT2D eigenvalue weighted by atomic mass is 9.93. The Bertz CT molecular complexity index is 249. The maximum Gasteiger partial charge on any atom is 0.00218 e. The molecule has 0 saturated carbocycles. The molecule has 1 N–H and O–H groups in total. The molecule has 0 aromatic heterocycles. The first kappa shape index (κ1) is 13.8. The van der Waals surface area contributed by atoms with Crippen molar-refractivity contribution in [1.29, 1.82) is 0 Å². The van der Waals surface area contributed by atoms with Gasteiger partial charge in [0.2, 0.25) is 0 Å². The van der Waals surface area contributed by atoms with Crippen molar-refractivity contribution in [1.82, 2.24) is 15.1 Å². The Balaban J connectivity index is 1.34. The molecule has 0 amide bonds. The Morgan fingerprint density at radius 3 is 2.11 bits per heavy atom. The molecular formula is C16H31N3. The van der Waals surface area contributed by atoms with Crippen LogP contribution in [0.5, 0.6) is 0 Å². The molecule has 3 fully saturated rings. The second-order valence-corrected chi connectivity index (χ2v) is 6.96. The minimum atomic E-state index is 0.920. The predicted molar refractivity (Wildman–Crippen MR) is 80.4 cm³/mol. The highest BCUT2D eigenvalue weighted by Crippen LogP contribution is 2.22. The maximum atomic E-state index is 3.55. The SMILES string of the molecule is C1CNCC(CN2CCC(CN3CCCC3)CC2)C1. The van der Waals surface area contributed by atoms with E-state index in [0.29, 0.717) is 0 Å². The Hall–Kier alpha value is -0.120. The third-order valence-corrected chi connectivity index (χ3v) is 5.34. The van der Waals surface area contributed by atoms with Crippen LogP contribution in [0.3, 0.4) is 0 Å². The Morgan fingerprint density at radius 1 is 0.737 bits per heavy atom. The average molecular weight is 265 g/mol. The molecule has 3 rings (SSSR count). The van der Waals surface area contributed by atoms with Crippen LogP contribution in [0.4, 0.5) is 0 Å². The van der Waals surface area contributed by atoms with Crippen LogP contribution in [0, 0.1) is 11.8 Å². The zero-order valence-corrected chi connectivity index (χ0v) is 12.4. The standard InChI is InChI=1S/C16H31N3/c1-2-9-18(8-1)13-15-5-10-19(11-6-15)14-16-4-3-7-17-12-16/h15-17H,1-14H2. The number of nitrogens with zero attached hydrogens (tertiary/aromatic N) is 2. The summed E-state index contributed by atoms with van der Waals surface area (Å²) >= 11 is 0. The second-order valence-electron chi connectivity index (χ2n) is 6.96. The van der Waals surface area contributed by atoms with Crippen molar-refractivity contribution in [2.24, 2.45) is 11.8 Å². The maximum absolute atomic E-state index is 3.55. The monoisotopic (exact) mass is 265 g/mol. The molecular weight excluding hydrogens is 234 g/mol. The van der Waals surface area contributed by atoms with E-state index in [9.17, 15) is 0 Å². The van der Waals surface area contributed by atoms with Gasteiger partial charge in [-0.2, -0.15) is 0 Å². The Labute approximate surface area is 118 Å². The highest BCUT2D eigenvalue weighted by Gasteiger charge is 2.24. The number of hydrogen-bond acceptors (Lipinski definition) is 3. The van der Waals surface area contributed by atoms with Gasteiger partial charge < -0.3 is 15.1 Å². The number of nitrogens with one attached hydrogen (secondary N) is 1. The zero-order valence-electron chi connectivity index (χ0n) is 12.4. The Kier molecular flexibility index (Phi) is 5.14. The first-order valence-corrected chi connectivity index (χ1v) is 8.55. The van der Waals surface area contributed by atoms with Gasteiger partial charge in [0, 0.05) is 13.1 Å². The van der Waals surface area contributed by atoms with Crippen LogP contribution in [0.1, 0.15) is 38.5 Å². The van der Waals surface area contributed by atoms with E-state index in [1.54, 1.807) is 0 Å². The van der Waals surface area contributed by atoms with Gasteiger partial charge in [0.15, 0.2) is 0 Å². The molecule has 0 bridgehead atoms. The fourth-order valence-electron chi connectivity index (χ4n) is 4.13. The summed E-state index contributed by atoms with van der Waals surface area (Å²) < 4.78 is 0. The van der Waals surface area contributed by atoms with Crippen molar-refractivity contribution in [3.05, 3.63) is 0 Å². The molecule has 0 spiro atoms. The molecule has 1 atom stereocenters. The normalized spacial score (nSPS) is 31.9. The third kappa shape index (κ3) is 4.17. The van der Waals surface area contributed by atoms with E-state index in [1.807, 2.05) is 0 Å². The van der Waals surface area contributed by atoms with Gasteiger partial charge in [-0.15, -0.1) is 0 Å². The topological polar surface area (TPSA) is 18.5 Å². The van der Waals surface area contributed by atoms with E-state index < -0.39 is 0 Å². The fraction of sp³-hybridized carbons (Fsp3) is 1.00. The Morgan fingerprint density at radius 2 is 1.42 bits per heavy atom.